The molecular weight excluding hydrogens is 312 g/mol. The maximum absolute atomic E-state index is 12.5. The third kappa shape index (κ3) is 2.26. The van der Waals surface area contributed by atoms with Gasteiger partial charge in [-0.25, -0.2) is 4.98 Å². The number of hydrogen-bond acceptors (Lipinski definition) is 3. The summed E-state index contributed by atoms with van der Waals surface area (Å²) in [5, 5.41) is 3.06. The van der Waals surface area contributed by atoms with Crippen molar-refractivity contribution in [2.45, 2.75) is 44.9 Å². The maximum Gasteiger partial charge on any atom is 0.235 e. The Morgan fingerprint density at radius 2 is 1.88 bits per heavy atom. The molecule has 5 nitrogen and oxygen atoms in total. The lowest BCUT2D eigenvalue weighted by atomic mass is 9.77. The van der Waals surface area contributed by atoms with E-state index in [4.69, 9.17) is 4.98 Å². The minimum Gasteiger partial charge on any atom is -0.341 e. The predicted molar refractivity (Wildman–Crippen MR) is 98.7 cm³/mol. The van der Waals surface area contributed by atoms with Gasteiger partial charge in [0.15, 0.2) is 0 Å². The molecule has 1 aliphatic rings. The number of fused-ring (bicyclic) bond motifs is 2. The highest BCUT2D eigenvalue weighted by Gasteiger charge is 2.44. The number of imidazole rings is 1. The summed E-state index contributed by atoms with van der Waals surface area (Å²) < 4.78 is 0. The van der Waals surface area contributed by atoms with E-state index in [1.54, 1.807) is 12.4 Å². The second-order valence-electron chi connectivity index (χ2n) is 6.78. The van der Waals surface area contributed by atoms with Crippen LogP contribution < -0.4 is 5.32 Å². The maximum atomic E-state index is 12.5. The molecule has 0 radical (unpaired) electrons. The van der Waals surface area contributed by atoms with Crippen LogP contribution in [0.4, 0.5) is 5.69 Å². The Labute approximate surface area is 146 Å². The van der Waals surface area contributed by atoms with E-state index in [-0.39, 0.29) is 11.8 Å². The molecule has 4 rings (SSSR count). The lowest BCUT2D eigenvalue weighted by Crippen LogP contribution is -2.32. The highest BCUT2D eigenvalue weighted by atomic mass is 16.2. The number of H-pyrrole nitrogens is 1. The van der Waals surface area contributed by atoms with Crippen molar-refractivity contribution in [1.29, 1.82) is 0 Å². The van der Waals surface area contributed by atoms with Crippen LogP contribution in [0.1, 0.15) is 56.5 Å². The highest BCUT2D eigenvalue weighted by Crippen LogP contribution is 2.44. The van der Waals surface area contributed by atoms with Crippen molar-refractivity contribution < 1.29 is 4.79 Å². The lowest BCUT2D eigenvalue weighted by molar-refractivity contribution is -0.121. The number of benzene rings is 1. The number of rotatable bonds is 4. The molecule has 1 aliphatic heterocycles. The number of carbonyl (C=O) groups excluding carboxylic acids is 1. The van der Waals surface area contributed by atoms with Crippen LogP contribution >= 0.6 is 0 Å². The van der Waals surface area contributed by atoms with Crippen LogP contribution in [0.15, 0.2) is 36.7 Å². The molecule has 2 N–H and O–H groups in total. The van der Waals surface area contributed by atoms with Crippen molar-refractivity contribution in [3.05, 3.63) is 53.6 Å². The van der Waals surface area contributed by atoms with Gasteiger partial charge in [-0.05, 0) is 48.2 Å². The van der Waals surface area contributed by atoms with Crippen LogP contribution in [-0.4, -0.2) is 20.9 Å². The molecule has 1 aromatic carbocycles. The van der Waals surface area contributed by atoms with E-state index in [0.717, 1.165) is 41.0 Å². The first-order valence-corrected chi connectivity index (χ1v) is 8.84. The summed E-state index contributed by atoms with van der Waals surface area (Å²) in [6, 6.07) is 8.12. The number of carbonyl (C=O) groups is 1. The Bertz CT molecular complexity index is 941. The number of aromatic nitrogens is 3. The summed E-state index contributed by atoms with van der Waals surface area (Å²) in [5.41, 5.74) is 4.60. The summed E-state index contributed by atoms with van der Waals surface area (Å²) in [6.07, 6.45) is 5.18. The molecule has 0 saturated heterocycles. The van der Waals surface area contributed by atoms with Crippen LogP contribution in [0.2, 0.25) is 0 Å². The Hall–Kier alpha value is -2.69. The van der Waals surface area contributed by atoms with Gasteiger partial charge < -0.3 is 10.3 Å². The van der Waals surface area contributed by atoms with Crippen molar-refractivity contribution in [1.82, 2.24) is 15.0 Å². The standard InChI is InChI=1S/C20H22N4O/c1-4-20(5-2)14-10-16-17(11-15(14)24-19(20)25)23-18(22-16)12(3)13-6-8-21-9-7-13/h6-12H,4-5H2,1-3H3,(H,22,23)(H,24,25). The Kier molecular flexibility index (Phi) is 3.60. The zero-order valence-electron chi connectivity index (χ0n) is 14.8. The van der Waals surface area contributed by atoms with Crippen LogP contribution in [0.25, 0.3) is 11.0 Å². The number of hydrogen-bond donors (Lipinski definition) is 2. The summed E-state index contributed by atoms with van der Waals surface area (Å²) in [7, 11) is 0. The molecule has 1 unspecified atom stereocenters. The topological polar surface area (TPSA) is 70.7 Å². The van der Waals surface area contributed by atoms with Gasteiger partial charge in [-0.15, -0.1) is 0 Å². The first-order valence-electron chi connectivity index (χ1n) is 8.84. The molecule has 0 fully saturated rings. The van der Waals surface area contributed by atoms with Gasteiger partial charge in [0.2, 0.25) is 5.91 Å². The summed E-state index contributed by atoms with van der Waals surface area (Å²) in [5.74, 6) is 1.18. The molecule has 0 saturated carbocycles. The van der Waals surface area contributed by atoms with Crippen molar-refractivity contribution >= 4 is 22.6 Å². The molecule has 0 aliphatic carbocycles. The zero-order chi connectivity index (χ0) is 17.6. The second kappa shape index (κ2) is 5.69. The van der Waals surface area contributed by atoms with E-state index in [1.165, 1.54) is 5.56 Å². The molecule has 3 aromatic rings. The molecular formula is C20H22N4O. The quantitative estimate of drug-likeness (QED) is 0.754. The number of nitrogens with one attached hydrogen (secondary N) is 2. The molecule has 0 spiro atoms. The molecule has 5 heteroatoms. The molecule has 1 atom stereocenters. The van der Waals surface area contributed by atoms with Crippen molar-refractivity contribution in [2.75, 3.05) is 5.32 Å². The van der Waals surface area contributed by atoms with Gasteiger partial charge in [0.05, 0.1) is 16.4 Å². The van der Waals surface area contributed by atoms with Crippen LogP contribution in [0, 0.1) is 0 Å². The second-order valence-corrected chi connectivity index (χ2v) is 6.78. The number of amides is 1. The first kappa shape index (κ1) is 15.8. The van der Waals surface area contributed by atoms with Crippen molar-refractivity contribution in [3.63, 3.8) is 0 Å². The van der Waals surface area contributed by atoms with Crippen molar-refractivity contribution in [2.24, 2.45) is 0 Å². The minimum absolute atomic E-state index is 0.102. The molecule has 0 bridgehead atoms. The Balaban J connectivity index is 1.81. The average Bonchev–Trinajstić information content (AvgIpc) is 3.17. The van der Waals surface area contributed by atoms with Gasteiger partial charge in [-0.3, -0.25) is 9.78 Å². The number of aromatic amines is 1. The van der Waals surface area contributed by atoms with Crippen LogP contribution in [0.5, 0.6) is 0 Å². The normalized spacial score (nSPS) is 16.7. The first-order chi connectivity index (χ1) is 12.1. The molecule has 1 amide bonds. The van der Waals surface area contributed by atoms with Crippen LogP contribution in [0.3, 0.4) is 0 Å². The van der Waals surface area contributed by atoms with Gasteiger partial charge in [-0.2, -0.15) is 0 Å². The van der Waals surface area contributed by atoms with E-state index >= 15 is 0 Å². The largest absolute Gasteiger partial charge is 0.341 e. The predicted octanol–water partition coefficient (Wildman–Crippen LogP) is 4.12. The number of anilines is 1. The smallest absolute Gasteiger partial charge is 0.235 e. The van der Waals surface area contributed by atoms with Gasteiger partial charge in [0, 0.05) is 24.0 Å². The Morgan fingerprint density at radius 1 is 1.16 bits per heavy atom. The van der Waals surface area contributed by atoms with Crippen molar-refractivity contribution in [3.8, 4) is 0 Å². The van der Waals surface area contributed by atoms with Gasteiger partial charge >= 0.3 is 0 Å². The third-order valence-corrected chi connectivity index (χ3v) is 5.66. The van der Waals surface area contributed by atoms with E-state index in [2.05, 4.69) is 42.1 Å². The van der Waals surface area contributed by atoms with E-state index in [1.807, 2.05) is 18.2 Å². The fraction of sp³-hybridized carbons (Fsp3) is 0.350. The SMILES string of the molecule is CCC1(CC)C(=O)Nc2cc3[nH]c(C(C)c4ccncc4)nc3cc21. The van der Waals surface area contributed by atoms with Gasteiger partial charge in [0.25, 0.3) is 0 Å². The minimum atomic E-state index is -0.431. The molecule has 128 valence electrons. The summed E-state index contributed by atoms with van der Waals surface area (Å²) >= 11 is 0. The van der Waals surface area contributed by atoms with E-state index in [9.17, 15) is 4.79 Å². The van der Waals surface area contributed by atoms with E-state index in [0.29, 0.717) is 0 Å². The van der Waals surface area contributed by atoms with E-state index < -0.39 is 5.41 Å². The summed E-state index contributed by atoms with van der Waals surface area (Å²) in [6.45, 7) is 6.28. The lowest BCUT2D eigenvalue weighted by Gasteiger charge is -2.23. The number of nitrogens with zero attached hydrogens (tertiary/aromatic N) is 2. The zero-order valence-corrected chi connectivity index (χ0v) is 14.8. The summed E-state index contributed by atoms with van der Waals surface area (Å²) in [4.78, 5) is 24.8. The fourth-order valence-corrected chi connectivity index (χ4v) is 3.91. The Morgan fingerprint density at radius 3 is 2.56 bits per heavy atom. The molecule has 2 aromatic heterocycles. The van der Waals surface area contributed by atoms with Gasteiger partial charge in [-0.1, -0.05) is 20.8 Å². The molecule has 25 heavy (non-hydrogen) atoms. The monoisotopic (exact) mass is 334 g/mol. The average molecular weight is 334 g/mol. The number of pyridine rings is 1. The van der Waals surface area contributed by atoms with Crippen LogP contribution in [-0.2, 0) is 10.2 Å². The highest BCUT2D eigenvalue weighted by molar-refractivity contribution is 6.08. The van der Waals surface area contributed by atoms with Gasteiger partial charge in [0.1, 0.15) is 5.82 Å². The molecule has 3 heterocycles. The fourth-order valence-electron chi connectivity index (χ4n) is 3.91. The third-order valence-electron chi connectivity index (χ3n) is 5.66.